The first kappa shape index (κ1) is 20.7. The fourth-order valence-electron chi connectivity index (χ4n) is 2.69. The van der Waals surface area contributed by atoms with Gasteiger partial charge in [-0.3, -0.25) is 0 Å². The molecule has 0 heterocycles. The molecule has 144 valence electrons. The Morgan fingerprint density at radius 2 is 1.93 bits per heavy atom. The van der Waals surface area contributed by atoms with Crippen LogP contribution >= 0.6 is 0 Å². The van der Waals surface area contributed by atoms with Crippen molar-refractivity contribution in [2.45, 2.75) is 39.7 Å². The molecule has 0 aromatic heterocycles. The van der Waals surface area contributed by atoms with Gasteiger partial charge in [-0.25, -0.2) is 4.99 Å². The lowest BCUT2D eigenvalue weighted by molar-refractivity contribution is 0.0854. The van der Waals surface area contributed by atoms with E-state index in [0.717, 1.165) is 34.7 Å². The number of ether oxygens (including phenoxy) is 1. The number of aliphatic hydroxyl groups is 1. The molecule has 2 aromatic rings. The molecule has 1 N–H and O–H groups in total. The van der Waals surface area contributed by atoms with Crippen LogP contribution in [0.4, 0.5) is 5.69 Å². The van der Waals surface area contributed by atoms with Crippen LogP contribution in [0.15, 0.2) is 54.0 Å². The molecule has 1 unspecified atom stereocenters. The van der Waals surface area contributed by atoms with Crippen LogP contribution in [0.25, 0.3) is 0 Å². The van der Waals surface area contributed by atoms with Crippen molar-refractivity contribution in [3.05, 3.63) is 65.7 Å². The maximum atomic E-state index is 10.7. The van der Waals surface area contributed by atoms with Crippen molar-refractivity contribution in [1.82, 2.24) is 4.90 Å². The fraction of sp³-hybridized carbons (Fsp3) is 0.348. The molecule has 0 fully saturated rings. The predicted molar refractivity (Wildman–Crippen MR) is 113 cm³/mol. The quantitative estimate of drug-likeness (QED) is 0.382. The van der Waals surface area contributed by atoms with Gasteiger partial charge < -0.3 is 14.7 Å². The third-order valence-electron chi connectivity index (χ3n) is 4.82. The second-order valence-electron chi connectivity index (χ2n) is 6.83. The second-order valence-corrected chi connectivity index (χ2v) is 6.83. The Labute approximate surface area is 162 Å². The summed E-state index contributed by atoms with van der Waals surface area (Å²) in [5.41, 5.74) is 2.71. The van der Waals surface area contributed by atoms with Crippen LogP contribution in [0, 0.1) is 13.8 Å². The van der Waals surface area contributed by atoms with Crippen LogP contribution < -0.4 is 4.74 Å². The van der Waals surface area contributed by atoms with Crippen molar-refractivity contribution in [3.63, 3.8) is 0 Å². The third-order valence-corrected chi connectivity index (χ3v) is 4.82. The molecular formula is C23H30N2O2. The Balaban J connectivity index is 2.29. The lowest BCUT2D eigenvalue weighted by Gasteiger charge is -2.23. The smallest absolute Gasteiger partial charge is 0.130 e. The normalized spacial score (nSPS) is 13.4. The minimum Gasteiger partial charge on any atom is -0.457 e. The van der Waals surface area contributed by atoms with Gasteiger partial charge in [0.25, 0.3) is 0 Å². The zero-order valence-electron chi connectivity index (χ0n) is 17.0. The summed E-state index contributed by atoms with van der Waals surface area (Å²) < 4.78 is 6.11. The minimum absolute atomic E-state index is 0.553. The van der Waals surface area contributed by atoms with E-state index < -0.39 is 5.60 Å². The third kappa shape index (κ3) is 4.98. The van der Waals surface area contributed by atoms with E-state index in [1.54, 1.807) is 6.08 Å². The maximum Gasteiger partial charge on any atom is 0.130 e. The van der Waals surface area contributed by atoms with Crippen molar-refractivity contribution in [1.29, 1.82) is 0 Å². The van der Waals surface area contributed by atoms with Gasteiger partial charge in [-0.2, -0.15) is 0 Å². The van der Waals surface area contributed by atoms with E-state index in [4.69, 9.17) is 4.74 Å². The highest BCUT2D eigenvalue weighted by Gasteiger charge is 2.23. The number of hydrogen-bond donors (Lipinski definition) is 1. The topological polar surface area (TPSA) is 45.1 Å². The van der Waals surface area contributed by atoms with E-state index in [9.17, 15) is 5.11 Å². The van der Waals surface area contributed by atoms with Gasteiger partial charge in [0.05, 0.1) is 12.0 Å². The van der Waals surface area contributed by atoms with E-state index >= 15 is 0 Å². The van der Waals surface area contributed by atoms with Crippen LogP contribution in [0.3, 0.4) is 0 Å². The summed E-state index contributed by atoms with van der Waals surface area (Å²) in [6.45, 7) is 12.7. The first-order chi connectivity index (χ1) is 12.8. The van der Waals surface area contributed by atoms with Gasteiger partial charge in [0.1, 0.15) is 17.1 Å². The molecule has 0 spiro atoms. The number of benzene rings is 2. The van der Waals surface area contributed by atoms with Crippen molar-refractivity contribution in [2.75, 3.05) is 13.6 Å². The van der Waals surface area contributed by atoms with Crippen LogP contribution in [0.1, 0.15) is 37.0 Å². The zero-order chi connectivity index (χ0) is 20.0. The minimum atomic E-state index is -1.05. The highest BCUT2D eigenvalue weighted by atomic mass is 16.5. The Morgan fingerprint density at radius 1 is 1.19 bits per heavy atom. The first-order valence-electron chi connectivity index (χ1n) is 9.33. The molecule has 0 aliphatic heterocycles. The summed E-state index contributed by atoms with van der Waals surface area (Å²) in [6.07, 6.45) is 3.96. The largest absolute Gasteiger partial charge is 0.457 e. The van der Waals surface area contributed by atoms with Gasteiger partial charge in [-0.05, 0) is 68.1 Å². The molecular weight excluding hydrogens is 336 g/mol. The number of hydrogen-bond acceptors (Lipinski definition) is 3. The van der Waals surface area contributed by atoms with E-state index in [1.165, 1.54) is 0 Å². The van der Waals surface area contributed by atoms with Crippen LogP contribution in [-0.4, -0.2) is 29.9 Å². The predicted octanol–water partition coefficient (Wildman–Crippen LogP) is 5.49. The summed E-state index contributed by atoms with van der Waals surface area (Å²) in [4.78, 5) is 6.58. The van der Waals surface area contributed by atoms with Crippen molar-refractivity contribution in [2.24, 2.45) is 4.99 Å². The molecule has 0 bridgehead atoms. The van der Waals surface area contributed by atoms with Gasteiger partial charge in [0.15, 0.2) is 0 Å². The summed E-state index contributed by atoms with van der Waals surface area (Å²) >= 11 is 0. The summed E-state index contributed by atoms with van der Waals surface area (Å²) in [7, 11) is 2.00. The Bertz CT molecular complexity index is 829. The van der Waals surface area contributed by atoms with Gasteiger partial charge in [-0.1, -0.05) is 31.7 Å². The molecule has 27 heavy (non-hydrogen) atoms. The molecule has 2 aromatic carbocycles. The lowest BCUT2D eigenvalue weighted by atomic mass is 9.91. The Hall–Kier alpha value is -2.59. The van der Waals surface area contributed by atoms with Gasteiger partial charge in [-0.15, -0.1) is 0 Å². The number of aliphatic imine (C=N–C) groups is 1. The molecule has 0 saturated carbocycles. The molecule has 1 atom stereocenters. The van der Waals surface area contributed by atoms with Gasteiger partial charge in [0.2, 0.25) is 0 Å². The van der Waals surface area contributed by atoms with E-state index in [-0.39, 0.29) is 0 Å². The van der Waals surface area contributed by atoms with Crippen LogP contribution in [0.5, 0.6) is 11.5 Å². The average molecular weight is 367 g/mol. The van der Waals surface area contributed by atoms with Crippen molar-refractivity contribution < 1.29 is 9.84 Å². The summed E-state index contributed by atoms with van der Waals surface area (Å²) in [5.74, 6) is 1.47. The van der Waals surface area contributed by atoms with E-state index in [0.29, 0.717) is 12.2 Å². The van der Waals surface area contributed by atoms with Crippen LogP contribution in [0.2, 0.25) is 0 Å². The second kappa shape index (κ2) is 8.87. The highest BCUT2D eigenvalue weighted by molar-refractivity contribution is 5.64. The van der Waals surface area contributed by atoms with Gasteiger partial charge in [0, 0.05) is 13.6 Å². The molecule has 4 heteroatoms. The SMILES string of the molecule is C=CC(O)(CC)c1cccc(Oc2cc(C)c(N=CN(C)CC)cc2C)c1. The molecule has 0 radical (unpaired) electrons. The van der Waals surface area contributed by atoms with Gasteiger partial charge >= 0.3 is 0 Å². The maximum absolute atomic E-state index is 10.7. The first-order valence-corrected chi connectivity index (χ1v) is 9.33. The molecule has 0 amide bonds. The summed E-state index contributed by atoms with van der Waals surface area (Å²) in [5, 5.41) is 10.7. The average Bonchev–Trinajstić information content (AvgIpc) is 2.68. The standard InChI is InChI=1S/C23H30N2O2/c1-7-23(26,8-2)19-11-10-12-20(15-19)27-22-14-17(4)21(13-18(22)5)24-16-25(6)9-3/h7,10-16,26H,1,8-9H2,2-6H3. The monoisotopic (exact) mass is 366 g/mol. The molecule has 0 aliphatic carbocycles. The number of rotatable bonds is 8. The van der Waals surface area contributed by atoms with E-state index in [1.807, 2.05) is 75.5 Å². The highest BCUT2D eigenvalue weighted by Crippen LogP contribution is 2.34. The molecule has 2 rings (SSSR count). The molecule has 4 nitrogen and oxygen atoms in total. The lowest BCUT2D eigenvalue weighted by Crippen LogP contribution is -2.21. The number of nitrogens with zero attached hydrogens (tertiary/aromatic N) is 2. The van der Waals surface area contributed by atoms with Crippen molar-refractivity contribution >= 4 is 12.0 Å². The Kier molecular flexibility index (Phi) is 6.81. The number of aryl methyl sites for hydroxylation is 2. The molecule has 0 aliphatic rings. The van der Waals surface area contributed by atoms with E-state index in [2.05, 4.69) is 18.5 Å². The summed E-state index contributed by atoms with van der Waals surface area (Å²) in [6, 6.07) is 11.6. The fourth-order valence-corrected chi connectivity index (χ4v) is 2.69. The Morgan fingerprint density at radius 3 is 2.56 bits per heavy atom. The van der Waals surface area contributed by atoms with Crippen molar-refractivity contribution in [3.8, 4) is 11.5 Å². The van der Waals surface area contributed by atoms with Crippen LogP contribution in [-0.2, 0) is 5.60 Å². The molecule has 0 saturated heterocycles. The zero-order valence-corrected chi connectivity index (χ0v) is 17.0.